The molecule has 0 unspecified atom stereocenters. The molecule has 1 aromatic rings. The van der Waals surface area contributed by atoms with Gasteiger partial charge in [-0.3, -0.25) is 0 Å². The van der Waals surface area contributed by atoms with Gasteiger partial charge < -0.3 is 14.2 Å². The first-order valence-corrected chi connectivity index (χ1v) is 6.93. The third-order valence-corrected chi connectivity index (χ3v) is 2.62. The molecular weight excluding hydrogens is 264 g/mol. The average molecular weight is 288 g/mol. The van der Waals surface area contributed by atoms with E-state index in [9.17, 15) is 0 Å². The Balaban J connectivity index is 2.09. The Kier molecular flexibility index (Phi) is 8.17. The maximum atomic E-state index is 5.53. The molecule has 0 saturated heterocycles. The lowest BCUT2D eigenvalue weighted by molar-refractivity contribution is 0.0497. The van der Waals surface area contributed by atoms with Crippen LogP contribution in [0.15, 0.2) is 61.4 Å². The first kappa shape index (κ1) is 17.2. The zero-order valence-corrected chi connectivity index (χ0v) is 12.8. The maximum absolute atomic E-state index is 5.53. The van der Waals surface area contributed by atoms with Gasteiger partial charge in [0.15, 0.2) is 0 Å². The zero-order valence-electron chi connectivity index (χ0n) is 12.8. The summed E-state index contributed by atoms with van der Waals surface area (Å²) in [5.41, 5.74) is 2.99. The molecule has 0 atom stereocenters. The molecule has 21 heavy (non-hydrogen) atoms. The van der Waals surface area contributed by atoms with Crippen LogP contribution in [0.1, 0.15) is 12.5 Å². The summed E-state index contributed by atoms with van der Waals surface area (Å²) < 4.78 is 16.3. The van der Waals surface area contributed by atoms with Crippen LogP contribution >= 0.6 is 0 Å². The third kappa shape index (κ3) is 8.12. The van der Waals surface area contributed by atoms with E-state index in [4.69, 9.17) is 14.2 Å². The summed E-state index contributed by atoms with van der Waals surface area (Å²) in [5.74, 6) is 0.590. The van der Waals surface area contributed by atoms with Gasteiger partial charge in [0.25, 0.3) is 0 Å². The van der Waals surface area contributed by atoms with E-state index in [1.807, 2.05) is 37.3 Å². The van der Waals surface area contributed by atoms with Crippen molar-refractivity contribution < 1.29 is 14.2 Å². The third-order valence-electron chi connectivity index (χ3n) is 2.62. The first-order chi connectivity index (χ1) is 10.1. The van der Waals surface area contributed by atoms with Crippen molar-refractivity contribution in [3.63, 3.8) is 0 Å². The normalized spacial score (nSPS) is 10.1. The first-order valence-electron chi connectivity index (χ1n) is 6.93. The number of hydrogen-bond donors (Lipinski definition) is 0. The summed E-state index contributed by atoms with van der Waals surface area (Å²) in [5, 5.41) is 0. The molecule has 0 aliphatic rings. The summed E-state index contributed by atoms with van der Waals surface area (Å²) in [6.07, 6.45) is 0. The smallest absolute Gasteiger partial charge is 0.115 e. The van der Waals surface area contributed by atoms with Crippen molar-refractivity contribution in [1.29, 1.82) is 0 Å². The van der Waals surface area contributed by atoms with E-state index in [0.717, 1.165) is 16.7 Å². The number of rotatable bonds is 11. The Labute approximate surface area is 127 Å². The van der Waals surface area contributed by atoms with Crippen molar-refractivity contribution in [2.24, 2.45) is 0 Å². The van der Waals surface area contributed by atoms with Crippen molar-refractivity contribution in [3.05, 3.63) is 67.0 Å². The second kappa shape index (κ2) is 9.97. The highest BCUT2D eigenvalue weighted by atomic mass is 16.5. The van der Waals surface area contributed by atoms with Gasteiger partial charge >= 0.3 is 0 Å². The predicted octanol–water partition coefficient (Wildman–Crippen LogP) is 3.84. The monoisotopic (exact) mass is 288 g/mol. The second-order valence-electron chi connectivity index (χ2n) is 4.86. The summed E-state index contributed by atoms with van der Waals surface area (Å²) in [6, 6.07) is 9.93. The lowest BCUT2D eigenvalue weighted by atomic mass is 10.1. The number of ether oxygens (including phenoxy) is 3. The van der Waals surface area contributed by atoms with E-state index in [0.29, 0.717) is 38.8 Å². The van der Waals surface area contributed by atoms with Crippen LogP contribution in [-0.4, -0.2) is 33.0 Å². The van der Waals surface area contributed by atoms with Crippen LogP contribution in [0.4, 0.5) is 0 Å². The topological polar surface area (TPSA) is 27.7 Å². The summed E-state index contributed by atoms with van der Waals surface area (Å²) in [6.45, 7) is 15.9. The molecule has 0 heterocycles. The molecule has 0 aliphatic carbocycles. The van der Waals surface area contributed by atoms with E-state index < -0.39 is 0 Å². The van der Waals surface area contributed by atoms with E-state index >= 15 is 0 Å². The Morgan fingerprint density at radius 3 is 2.14 bits per heavy atom. The molecule has 1 rings (SSSR count). The fourth-order valence-corrected chi connectivity index (χ4v) is 1.54. The van der Waals surface area contributed by atoms with Crippen LogP contribution in [0, 0.1) is 0 Å². The molecule has 0 radical (unpaired) electrons. The van der Waals surface area contributed by atoms with Gasteiger partial charge in [-0.1, -0.05) is 55.6 Å². The summed E-state index contributed by atoms with van der Waals surface area (Å²) >= 11 is 0. The lowest BCUT2D eigenvalue weighted by Gasteiger charge is -2.12. The molecule has 3 heteroatoms. The van der Waals surface area contributed by atoms with Crippen LogP contribution < -0.4 is 0 Å². The molecule has 0 bridgehead atoms. The molecule has 0 spiro atoms. The Bertz CT molecular complexity index is 463. The van der Waals surface area contributed by atoms with Gasteiger partial charge in [0.2, 0.25) is 0 Å². The zero-order chi connectivity index (χ0) is 15.5. The second-order valence-corrected chi connectivity index (χ2v) is 4.86. The minimum Gasteiger partial charge on any atom is -0.491 e. The van der Waals surface area contributed by atoms with Gasteiger partial charge in [-0.15, -0.1) is 0 Å². The quantitative estimate of drug-likeness (QED) is 0.352. The van der Waals surface area contributed by atoms with E-state index in [-0.39, 0.29) is 0 Å². The summed E-state index contributed by atoms with van der Waals surface area (Å²) in [7, 11) is 0. The molecule has 0 aliphatic heterocycles. The highest BCUT2D eigenvalue weighted by Crippen LogP contribution is 2.13. The summed E-state index contributed by atoms with van der Waals surface area (Å²) in [4.78, 5) is 0. The Morgan fingerprint density at radius 1 is 0.905 bits per heavy atom. The molecule has 0 fully saturated rings. The van der Waals surface area contributed by atoms with Crippen molar-refractivity contribution in [1.82, 2.24) is 0 Å². The SMILES string of the molecule is C=C(C)COCCOCC(=C)OCC(=C)c1ccccc1. The Morgan fingerprint density at radius 2 is 1.52 bits per heavy atom. The minimum absolute atomic E-state index is 0.360. The van der Waals surface area contributed by atoms with E-state index in [1.54, 1.807) is 0 Å². The minimum atomic E-state index is 0.360. The van der Waals surface area contributed by atoms with Crippen LogP contribution in [0.25, 0.3) is 5.57 Å². The largest absolute Gasteiger partial charge is 0.491 e. The highest BCUT2D eigenvalue weighted by molar-refractivity contribution is 5.63. The average Bonchev–Trinajstić information content (AvgIpc) is 2.49. The van der Waals surface area contributed by atoms with Gasteiger partial charge in [0.05, 0.1) is 19.8 Å². The molecule has 0 aromatic heterocycles. The van der Waals surface area contributed by atoms with Crippen molar-refractivity contribution in [2.75, 3.05) is 33.0 Å². The van der Waals surface area contributed by atoms with E-state index in [1.165, 1.54) is 0 Å². The van der Waals surface area contributed by atoms with Crippen LogP contribution in [-0.2, 0) is 14.2 Å². The predicted molar refractivity (Wildman–Crippen MR) is 87.0 cm³/mol. The fraction of sp³-hybridized carbons (Fsp3) is 0.333. The molecule has 0 amide bonds. The van der Waals surface area contributed by atoms with Crippen molar-refractivity contribution in [3.8, 4) is 0 Å². The van der Waals surface area contributed by atoms with Gasteiger partial charge in [0, 0.05) is 0 Å². The van der Waals surface area contributed by atoms with Gasteiger partial charge in [-0.05, 0) is 18.1 Å². The van der Waals surface area contributed by atoms with Crippen molar-refractivity contribution in [2.45, 2.75) is 6.92 Å². The van der Waals surface area contributed by atoms with Gasteiger partial charge in [-0.25, -0.2) is 0 Å². The van der Waals surface area contributed by atoms with Crippen LogP contribution in [0.5, 0.6) is 0 Å². The molecule has 0 saturated carbocycles. The van der Waals surface area contributed by atoms with Gasteiger partial charge in [-0.2, -0.15) is 0 Å². The standard InChI is InChI=1S/C18H24O3/c1-15(2)12-19-10-11-20-14-17(4)21-13-16(3)18-8-6-5-7-9-18/h5-9H,1,3-4,10-14H2,2H3. The Hall–Kier alpha value is -1.84. The highest BCUT2D eigenvalue weighted by Gasteiger charge is 2.01. The molecule has 114 valence electrons. The molecule has 0 N–H and O–H groups in total. The van der Waals surface area contributed by atoms with E-state index in [2.05, 4.69) is 19.7 Å². The van der Waals surface area contributed by atoms with Crippen LogP contribution in [0.3, 0.4) is 0 Å². The van der Waals surface area contributed by atoms with Crippen LogP contribution in [0.2, 0.25) is 0 Å². The van der Waals surface area contributed by atoms with Gasteiger partial charge in [0.1, 0.15) is 19.0 Å². The number of benzene rings is 1. The van der Waals surface area contributed by atoms with Crippen molar-refractivity contribution >= 4 is 5.57 Å². The molecular formula is C18H24O3. The maximum Gasteiger partial charge on any atom is 0.115 e. The molecule has 1 aromatic carbocycles. The number of hydrogen-bond acceptors (Lipinski definition) is 3. The fourth-order valence-electron chi connectivity index (χ4n) is 1.54. The molecule has 3 nitrogen and oxygen atoms in total. The lowest BCUT2D eigenvalue weighted by Crippen LogP contribution is -2.09.